The molecule has 2 rings (SSSR count). The van der Waals surface area contributed by atoms with Gasteiger partial charge in [-0.1, -0.05) is 6.07 Å². The van der Waals surface area contributed by atoms with Crippen molar-refractivity contribution in [3.63, 3.8) is 0 Å². The fourth-order valence-electron chi connectivity index (χ4n) is 2.87. The molecule has 1 aliphatic rings. The first-order valence-electron chi connectivity index (χ1n) is 7.88. The Bertz CT molecular complexity index is 496. The molecule has 5 nitrogen and oxygen atoms in total. The summed E-state index contributed by atoms with van der Waals surface area (Å²) in [4.78, 5) is 14.2. The lowest BCUT2D eigenvalue weighted by Gasteiger charge is -2.27. The Hall–Kier alpha value is -1.91. The highest BCUT2D eigenvalue weighted by atomic mass is 16.5. The molecule has 3 unspecified atom stereocenters. The molecule has 1 aromatic carbocycles. The number of rotatable bonds is 5. The maximum atomic E-state index is 12.3. The molecule has 1 N–H and O–H groups in total. The fraction of sp³-hybridized carbons (Fsp3) is 0.588. The van der Waals surface area contributed by atoms with Crippen LogP contribution in [0.3, 0.4) is 0 Å². The zero-order chi connectivity index (χ0) is 16.1. The summed E-state index contributed by atoms with van der Waals surface area (Å²) in [7, 11) is 1.63. The highest BCUT2D eigenvalue weighted by Crippen LogP contribution is 2.23. The van der Waals surface area contributed by atoms with Gasteiger partial charge in [-0.05, 0) is 45.7 Å². The lowest BCUT2D eigenvalue weighted by atomic mass is 10.2. The molecule has 2 amide bonds. The lowest BCUT2D eigenvalue weighted by Crippen LogP contribution is -2.47. The average Bonchev–Trinajstić information content (AvgIpc) is 2.84. The van der Waals surface area contributed by atoms with Gasteiger partial charge in [0.1, 0.15) is 17.6 Å². The summed E-state index contributed by atoms with van der Waals surface area (Å²) in [5.74, 6) is 1.50. The molecule has 0 saturated carbocycles. The molecule has 1 aliphatic heterocycles. The van der Waals surface area contributed by atoms with Gasteiger partial charge in [0.15, 0.2) is 0 Å². The van der Waals surface area contributed by atoms with E-state index in [1.54, 1.807) is 7.11 Å². The summed E-state index contributed by atoms with van der Waals surface area (Å²) < 4.78 is 11.0. The number of benzene rings is 1. The molecule has 1 aromatic rings. The van der Waals surface area contributed by atoms with Crippen LogP contribution in [0.1, 0.15) is 33.6 Å². The quantitative estimate of drug-likeness (QED) is 0.909. The van der Waals surface area contributed by atoms with E-state index in [0.717, 1.165) is 24.3 Å². The van der Waals surface area contributed by atoms with Gasteiger partial charge in [0, 0.05) is 18.2 Å². The van der Waals surface area contributed by atoms with Crippen LogP contribution >= 0.6 is 0 Å². The third kappa shape index (κ3) is 4.06. The van der Waals surface area contributed by atoms with E-state index < -0.39 is 0 Å². The highest BCUT2D eigenvalue weighted by Gasteiger charge is 2.31. The Labute approximate surface area is 132 Å². The van der Waals surface area contributed by atoms with E-state index in [1.807, 2.05) is 36.1 Å². The van der Waals surface area contributed by atoms with Gasteiger partial charge < -0.3 is 19.7 Å². The van der Waals surface area contributed by atoms with Crippen LogP contribution in [0, 0.1) is 0 Å². The summed E-state index contributed by atoms with van der Waals surface area (Å²) in [6, 6.07) is 8.09. The van der Waals surface area contributed by atoms with E-state index in [1.165, 1.54) is 0 Å². The van der Waals surface area contributed by atoms with E-state index in [4.69, 9.17) is 9.47 Å². The molecule has 0 aromatic heterocycles. The van der Waals surface area contributed by atoms with Crippen molar-refractivity contribution in [3.8, 4) is 11.5 Å². The van der Waals surface area contributed by atoms with Gasteiger partial charge in [-0.2, -0.15) is 0 Å². The Balaban J connectivity index is 1.82. The molecule has 3 atom stereocenters. The third-order valence-electron chi connectivity index (χ3n) is 4.11. The summed E-state index contributed by atoms with van der Waals surface area (Å²) >= 11 is 0. The van der Waals surface area contributed by atoms with Gasteiger partial charge in [0.05, 0.1) is 13.7 Å². The number of carbonyl (C=O) groups excluding carboxylic acids is 1. The number of hydrogen-bond acceptors (Lipinski definition) is 3. The molecule has 1 fully saturated rings. The molecule has 22 heavy (non-hydrogen) atoms. The minimum atomic E-state index is -0.107. The van der Waals surface area contributed by atoms with E-state index in [9.17, 15) is 4.79 Å². The first kappa shape index (κ1) is 16.5. The number of likely N-dealkylation sites (tertiary alicyclic amines) is 1. The first-order chi connectivity index (χ1) is 10.5. The maximum absolute atomic E-state index is 12.3. The minimum Gasteiger partial charge on any atom is -0.497 e. The van der Waals surface area contributed by atoms with Crippen molar-refractivity contribution in [2.24, 2.45) is 0 Å². The van der Waals surface area contributed by atoms with Gasteiger partial charge in [-0.15, -0.1) is 0 Å². The monoisotopic (exact) mass is 306 g/mol. The molecule has 5 heteroatoms. The molecule has 1 saturated heterocycles. The standard InChI is InChI=1S/C17H26N2O3/c1-12-8-9-13(2)19(12)17(20)18-11-14(3)22-16-7-5-6-15(10-16)21-4/h5-7,10,12-14H,8-9,11H2,1-4H3,(H,18,20). The Morgan fingerprint density at radius 2 is 1.95 bits per heavy atom. The SMILES string of the molecule is COc1cccc(OC(C)CNC(=O)N2C(C)CCC2C)c1. The van der Waals surface area contributed by atoms with E-state index >= 15 is 0 Å². The van der Waals surface area contributed by atoms with E-state index in [2.05, 4.69) is 19.2 Å². The number of nitrogens with zero attached hydrogens (tertiary/aromatic N) is 1. The van der Waals surface area contributed by atoms with Crippen LogP contribution in [0.2, 0.25) is 0 Å². The summed E-state index contributed by atoms with van der Waals surface area (Å²) in [6.45, 7) is 6.61. The Morgan fingerprint density at radius 3 is 2.59 bits per heavy atom. The maximum Gasteiger partial charge on any atom is 0.318 e. The van der Waals surface area contributed by atoms with Crippen molar-refractivity contribution < 1.29 is 14.3 Å². The lowest BCUT2D eigenvalue weighted by molar-refractivity contribution is 0.168. The predicted molar refractivity (Wildman–Crippen MR) is 86.5 cm³/mol. The number of hydrogen-bond donors (Lipinski definition) is 1. The normalized spacial score (nSPS) is 22.3. The van der Waals surface area contributed by atoms with Crippen molar-refractivity contribution in [1.82, 2.24) is 10.2 Å². The average molecular weight is 306 g/mol. The van der Waals surface area contributed by atoms with Crippen LogP contribution in [0.4, 0.5) is 4.79 Å². The third-order valence-corrected chi connectivity index (χ3v) is 4.11. The van der Waals surface area contributed by atoms with Gasteiger partial charge in [0.25, 0.3) is 0 Å². The van der Waals surface area contributed by atoms with E-state index in [-0.39, 0.29) is 12.1 Å². The van der Waals surface area contributed by atoms with Crippen molar-refractivity contribution >= 4 is 6.03 Å². The van der Waals surface area contributed by atoms with Crippen LogP contribution in [-0.2, 0) is 0 Å². The summed E-state index contributed by atoms with van der Waals surface area (Å²) in [6.07, 6.45) is 2.04. The molecular weight excluding hydrogens is 280 g/mol. The fourth-order valence-corrected chi connectivity index (χ4v) is 2.87. The van der Waals surface area contributed by atoms with Crippen LogP contribution in [0.25, 0.3) is 0 Å². The zero-order valence-electron chi connectivity index (χ0n) is 13.8. The number of urea groups is 1. The smallest absolute Gasteiger partial charge is 0.318 e. The van der Waals surface area contributed by atoms with Crippen molar-refractivity contribution in [2.75, 3.05) is 13.7 Å². The van der Waals surface area contributed by atoms with Crippen molar-refractivity contribution in [1.29, 1.82) is 0 Å². The second-order valence-corrected chi connectivity index (χ2v) is 5.98. The summed E-state index contributed by atoms with van der Waals surface area (Å²) in [5.41, 5.74) is 0. The Kier molecular flexibility index (Phi) is 5.52. The molecule has 0 radical (unpaired) electrons. The molecule has 0 bridgehead atoms. The van der Waals surface area contributed by atoms with Crippen molar-refractivity contribution in [2.45, 2.75) is 51.8 Å². The van der Waals surface area contributed by atoms with E-state index in [0.29, 0.717) is 18.6 Å². The minimum absolute atomic E-state index is 0.00130. The van der Waals surface area contributed by atoms with Crippen LogP contribution in [0.15, 0.2) is 24.3 Å². The van der Waals surface area contributed by atoms with Crippen LogP contribution in [-0.4, -0.2) is 42.8 Å². The largest absolute Gasteiger partial charge is 0.497 e. The van der Waals surface area contributed by atoms with Gasteiger partial charge in [-0.25, -0.2) is 4.79 Å². The first-order valence-corrected chi connectivity index (χ1v) is 7.88. The van der Waals surface area contributed by atoms with Crippen molar-refractivity contribution in [3.05, 3.63) is 24.3 Å². The molecule has 0 aliphatic carbocycles. The Morgan fingerprint density at radius 1 is 1.32 bits per heavy atom. The topological polar surface area (TPSA) is 50.8 Å². The molecule has 0 spiro atoms. The zero-order valence-corrected chi connectivity index (χ0v) is 13.8. The van der Waals surface area contributed by atoms with Gasteiger partial charge in [0.2, 0.25) is 0 Å². The highest BCUT2D eigenvalue weighted by molar-refractivity contribution is 5.75. The molecule has 1 heterocycles. The second-order valence-electron chi connectivity index (χ2n) is 5.98. The number of carbonyl (C=O) groups is 1. The van der Waals surface area contributed by atoms with Gasteiger partial charge >= 0.3 is 6.03 Å². The number of amides is 2. The van der Waals surface area contributed by atoms with Crippen LogP contribution in [0.5, 0.6) is 11.5 Å². The second kappa shape index (κ2) is 7.38. The van der Waals surface area contributed by atoms with Gasteiger partial charge in [-0.3, -0.25) is 0 Å². The summed E-state index contributed by atoms with van der Waals surface area (Å²) in [5, 5.41) is 2.96. The predicted octanol–water partition coefficient (Wildman–Crippen LogP) is 3.04. The number of methoxy groups -OCH3 is 1. The van der Waals surface area contributed by atoms with Crippen LogP contribution < -0.4 is 14.8 Å². The molecule has 122 valence electrons. The number of nitrogens with one attached hydrogen (secondary N) is 1. The number of ether oxygens (including phenoxy) is 2. The molecular formula is C17H26N2O3.